The Hall–Kier alpha value is -2.24. The third-order valence-corrected chi connectivity index (χ3v) is 4.70. The van der Waals surface area contributed by atoms with Crippen LogP contribution in [0.1, 0.15) is 17.9 Å². The molecule has 1 aliphatic heterocycles. The Bertz CT molecular complexity index is 704. The molecule has 2 amide bonds. The Morgan fingerprint density at radius 2 is 1.88 bits per heavy atom. The number of urea groups is 1. The second-order valence-corrected chi connectivity index (χ2v) is 6.52. The van der Waals surface area contributed by atoms with Crippen LogP contribution in [0.2, 0.25) is 5.02 Å². The van der Waals surface area contributed by atoms with Gasteiger partial charge in [-0.2, -0.15) is 0 Å². The predicted octanol–water partition coefficient (Wildman–Crippen LogP) is 3.62. The summed E-state index contributed by atoms with van der Waals surface area (Å²) in [6.07, 6.45) is 0.880. The van der Waals surface area contributed by atoms with Crippen molar-refractivity contribution in [3.05, 3.63) is 59.1 Å². The van der Waals surface area contributed by atoms with Gasteiger partial charge < -0.3 is 20.7 Å². The third kappa shape index (κ3) is 4.65. The molecule has 0 radical (unpaired) electrons. The highest BCUT2D eigenvalue weighted by Crippen LogP contribution is 2.26. The van der Waals surface area contributed by atoms with Gasteiger partial charge in [0, 0.05) is 29.2 Å². The predicted molar refractivity (Wildman–Crippen MR) is 101 cm³/mol. The molecule has 0 aromatic heterocycles. The molecular weight excluding hydrogens is 338 g/mol. The van der Waals surface area contributed by atoms with E-state index in [9.17, 15) is 4.79 Å². The van der Waals surface area contributed by atoms with Crippen molar-refractivity contribution in [3.8, 4) is 5.75 Å². The number of hydrogen-bond acceptors (Lipinski definition) is 3. The van der Waals surface area contributed by atoms with Crippen LogP contribution in [0.4, 0.5) is 10.5 Å². The van der Waals surface area contributed by atoms with E-state index in [-0.39, 0.29) is 18.0 Å². The van der Waals surface area contributed by atoms with Crippen molar-refractivity contribution in [3.63, 3.8) is 0 Å². The van der Waals surface area contributed by atoms with Crippen LogP contribution in [-0.2, 0) is 0 Å². The number of amides is 2. The van der Waals surface area contributed by atoms with Gasteiger partial charge in [0.15, 0.2) is 0 Å². The SMILES string of the molecule is COc1ccc(C2CNCCC2NC(=O)Nc2ccc(Cl)cc2)cc1. The summed E-state index contributed by atoms with van der Waals surface area (Å²) in [5, 5.41) is 10.0. The summed E-state index contributed by atoms with van der Waals surface area (Å²) in [6.45, 7) is 1.72. The van der Waals surface area contributed by atoms with Gasteiger partial charge >= 0.3 is 6.03 Å². The highest BCUT2D eigenvalue weighted by Gasteiger charge is 2.27. The summed E-state index contributed by atoms with van der Waals surface area (Å²) in [4.78, 5) is 12.3. The molecular formula is C19H22ClN3O2. The summed E-state index contributed by atoms with van der Waals surface area (Å²) < 4.78 is 5.22. The van der Waals surface area contributed by atoms with Crippen LogP contribution >= 0.6 is 11.6 Å². The van der Waals surface area contributed by atoms with Crippen molar-refractivity contribution in [1.82, 2.24) is 10.6 Å². The fourth-order valence-corrected chi connectivity index (χ4v) is 3.23. The standard InChI is InChI=1S/C19H22ClN3O2/c1-25-16-8-2-13(3-9-16)17-12-21-11-10-18(17)23-19(24)22-15-6-4-14(20)5-7-15/h2-9,17-18,21H,10-12H2,1H3,(H2,22,23,24). The number of ether oxygens (including phenoxy) is 1. The number of anilines is 1. The highest BCUT2D eigenvalue weighted by atomic mass is 35.5. The largest absolute Gasteiger partial charge is 0.497 e. The van der Waals surface area contributed by atoms with Crippen molar-refractivity contribution in [2.45, 2.75) is 18.4 Å². The number of piperidine rings is 1. The molecule has 1 aliphatic rings. The van der Waals surface area contributed by atoms with Crippen molar-refractivity contribution >= 4 is 23.3 Å². The van der Waals surface area contributed by atoms with Crippen molar-refractivity contribution < 1.29 is 9.53 Å². The fraction of sp³-hybridized carbons (Fsp3) is 0.316. The summed E-state index contributed by atoms with van der Waals surface area (Å²) >= 11 is 5.87. The zero-order valence-electron chi connectivity index (χ0n) is 14.1. The Kier molecular flexibility index (Phi) is 5.79. The number of halogens is 1. The maximum Gasteiger partial charge on any atom is 0.319 e. The maximum atomic E-state index is 12.3. The first-order chi connectivity index (χ1) is 12.2. The van der Waals surface area contributed by atoms with E-state index in [4.69, 9.17) is 16.3 Å². The second-order valence-electron chi connectivity index (χ2n) is 6.08. The van der Waals surface area contributed by atoms with Crippen LogP contribution in [0, 0.1) is 0 Å². The van der Waals surface area contributed by atoms with Gasteiger partial charge in [0.1, 0.15) is 5.75 Å². The smallest absolute Gasteiger partial charge is 0.319 e. The molecule has 1 saturated heterocycles. The van der Waals surface area contributed by atoms with E-state index in [1.165, 1.54) is 5.56 Å². The molecule has 3 rings (SSSR count). The molecule has 0 bridgehead atoms. The van der Waals surface area contributed by atoms with Gasteiger partial charge in [-0.05, 0) is 54.9 Å². The van der Waals surface area contributed by atoms with Crippen LogP contribution < -0.4 is 20.7 Å². The zero-order chi connectivity index (χ0) is 17.6. The highest BCUT2D eigenvalue weighted by molar-refractivity contribution is 6.30. The number of methoxy groups -OCH3 is 1. The first kappa shape index (κ1) is 17.6. The van der Waals surface area contributed by atoms with Gasteiger partial charge in [-0.1, -0.05) is 23.7 Å². The lowest BCUT2D eigenvalue weighted by Crippen LogP contribution is -2.49. The van der Waals surface area contributed by atoms with Crippen LogP contribution in [0.5, 0.6) is 5.75 Å². The molecule has 2 atom stereocenters. The lowest BCUT2D eigenvalue weighted by Gasteiger charge is -2.33. The molecule has 132 valence electrons. The second kappa shape index (κ2) is 8.23. The molecule has 0 saturated carbocycles. The molecule has 3 N–H and O–H groups in total. The lowest BCUT2D eigenvalue weighted by molar-refractivity contribution is 0.242. The van der Waals surface area contributed by atoms with Gasteiger partial charge in [0.05, 0.1) is 7.11 Å². The van der Waals surface area contributed by atoms with E-state index in [0.29, 0.717) is 5.02 Å². The maximum absolute atomic E-state index is 12.3. The Morgan fingerprint density at radius 3 is 2.56 bits per heavy atom. The molecule has 1 heterocycles. The Balaban J connectivity index is 1.65. The summed E-state index contributed by atoms with van der Waals surface area (Å²) in [5.74, 6) is 1.05. The molecule has 2 unspecified atom stereocenters. The van der Waals surface area contributed by atoms with Crippen LogP contribution in [0.15, 0.2) is 48.5 Å². The molecule has 6 heteroatoms. The van der Waals surface area contributed by atoms with Crippen molar-refractivity contribution in [2.24, 2.45) is 0 Å². The normalized spacial score (nSPS) is 19.9. The number of benzene rings is 2. The first-order valence-corrected chi connectivity index (χ1v) is 8.71. The fourth-order valence-electron chi connectivity index (χ4n) is 3.10. The van der Waals surface area contributed by atoms with Crippen LogP contribution in [0.25, 0.3) is 0 Å². The van der Waals surface area contributed by atoms with E-state index < -0.39 is 0 Å². The van der Waals surface area contributed by atoms with Crippen molar-refractivity contribution in [2.75, 3.05) is 25.5 Å². The molecule has 5 nitrogen and oxygen atoms in total. The average molecular weight is 360 g/mol. The van der Waals surface area contributed by atoms with E-state index in [1.54, 1.807) is 31.4 Å². The minimum atomic E-state index is -0.201. The quantitative estimate of drug-likeness (QED) is 0.781. The van der Waals surface area contributed by atoms with Crippen LogP contribution in [-0.4, -0.2) is 32.3 Å². The monoisotopic (exact) mass is 359 g/mol. The number of carbonyl (C=O) groups is 1. The van der Waals surface area contributed by atoms with E-state index in [1.807, 2.05) is 12.1 Å². The van der Waals surface area contributed by atoms with E-state index in [2.05, 4.69) is 28.1 Å². The van der Waals surface area contributed by atoms with Gasteiger partial charge in [0.25, 0.3) is 0 Å². The lowest BCUT2D eigenvalue weighted by atomic mass is 9.87. The van der Waals surface area contributed by atoms with E-state index >= 15 is 0 Å². The Morgan fingerprint density at radius 1 is 1.16 bits per heavy atom. The number of rotatable bonds is 4. The minimum Gasteiger partial charge on any atom is -0.497 e. The van der Waals surface area contributed by atoms with Gasteiger partial charge in [-0.3, -0.25) is 0 Å². The van der Waals surface area contributed by atoms with Gasteiger partial charge in [-0.15, -0.1) is 0 Å². The number of nitrogens with one attached hydrogen (secondary N) is 3. The zero-order valence-corrected chi connectivity index (χ0v) is 14.8. The molecule has 25 heavy (non-hydrogen) atoms. The summed E-state index contributed by atoms with van der Waals surface area (Å²) in [5.41, 5.74) is 1.90. The average Bonchev–Trinajstić information content (AvgIpc) is 2.64. The minimum absolute atomic E-state index is 0.0712. The molecule has 1 fully saturated rings. The molecule has 0 aliphatic carbocycles. The molecule has 2 aromatic carbocycles. The Labute approximate surface area is 152 Å². The van der Waals surface area contributed by atoms with E-state index in [0.717, 1.165) is 30.9 Å². The number of hydrogen-bond donors (Lipinski definition) is 3. The molecule has 2 aromatic rings. The summed E-state index contributed by atoms with van der Waals surface area (Å²) in [6, 6.07) is 15.0. The van der Waals surface area contributed by atoms with Crippen LogP contribution in [0.3, 0.4) is 0 Å². The van der Waals surface area contributed by atoms with Crippen molar-refractivity contribution in [1.29, 1.82) is 0 Å². The molecule has 0 spiro atoms. The summed E-state index contributed by atoms with van der Waals surface area (Å²) in [7, 11) is 1.66. The topological polar surface area (TPSA) is 62.4 Å². The third-order valence-electron chi connectivity index (χ3n) is 4.44. The van der Waals surface area contributed by atoms with Gasteiger partial charge in [-0.25, -0.2) is 4.79 Å². The van der Waals surface area contributed by atoms with Gasteiger partial charge in [0.2, 0.25) is 0 Å². The first-order valence-electron chi connectivity index (χ1n) is 8.33. The number of carbonyl (C=O) groups excluding carboxylic acids is 1.